The molecule has 0 saturated carbocycles. The van der Waals surface area contributed by atoms with Crippen molar-refractivity contribution in [2.75, 3.05) is 5.32 Å². The molecule has 0 atom stereocenters. The minimum atomic E-state index is -0.995. The zero-order valence-corrected chi connectivity index (χ0v) is 20.0. The molecule has 0 aliphatic rings. The summed E-state index contributed by atoms with van der Waals surface area (Å²) < 4.78 is 26.2. The molecule has 4 aromatic rings. The van der Waals surface area contributed by atoms with Crippen molar-refractivity contribution < 1.29 is 18.4 Å². The van der Waals surface area contributed by atoms with Crippen LogP contribution in [-0.4, -0.2) is 25.2 Å². The summed E-state index contributed by atoms with van der Waals surface area (Å²) in [6.07, 6.45) is 1.27. The molecule has 0 radical (unpaired) electrons. The van der Waals surface area contributed by atoms with Crippen LogP contribution in [0, 0.1) is 5.82 Å². The number of primary amides is 1. The number of hydrogen-bond donors (Lipinski definition) is 2. The Morgan fingerprint density at radius 1 is 1.14 bits per heavy atom. The van der Waals surface area contributed by atoms with Crippen LogP contribution in [0.3, 0.4) is 0 Å². The standard InChI is InChI=1S/C21H16ClFN6O5.C2H6/c22-13-3-1-12(2-4-13)10-28-19(26-20(31)29(21(28)32)11-17(24)30)25-14-5-6-16(15(23)9-14)34-18-7-8-33-27-18;1-2/h1-9H,10-11H2,(H2,24,30)(H,25,26,31);1-2H3. The molecule has 11 nitrogen and oxygen atoms in total. The van der Waals surface area contributed by atoms with E-state index in [-0.39, 0.29) is 29.8 Å². The van der Waals surface area contributed by atoms with Crippen LogP contribution in [0.5, 0.6) is 11.6 Å². The molecular weight excluding hydrogens is 495 g/mol. The topological polar surface area (TPSA) is 147 Å². The van der Waals surface area contributed by atoms with E-state index in [9.17, 15) is 18.8 Å². The molecule has 0 aliphatic carbocycles. The fourth-order valence-corrected chi connectivity index (χ4v) is 3.11. The number of nitrogens with two attached hydrogens (primary N) is 1. The zero-order chi connectivity index (χ0) is 26.2. The molecule has 1 amide bonds. The van der Waals surface area contributed by atoms with Gasteiger partial charge in [0.15, 0.2) is 11.6 Å². The van der Waals surface area contributed by atoms with Crippen molar-refractivity contribution in [3.05, 3.63) is 92.2 Å². The van der Waals surface area contributed by atoms with Crippen molar-refractivity contribution in [3.63, 3.8) is 0 Å². The Morgan fingerprint density at radius 2 is 1.86 bits per heavy atom. The van der Waals surface area contributed by atoms with E-state index in [4.69, 9.17) is 22.1 Å². The van der Waals surface area contributed by atoms with E-state index in [0.29, 0.717) is 15.2 Å². The number of carbonyl (C=O) groups is 1. The number of halogens is 2. The van der Waals surface area contributed by atoms with E-state index < -0.39 is 29.6 Å². The van der Waals surface area contributed by atoms with Crippen molar-refractivity contribution in [2.45, 2.75) is 26.9 Å². The SMILES string of the molecule is CC.NC(=O)Cn1c(=O)nc(Nc2ccc(Oc3ccon3)c(F)c2)n(Cc2ccc(Cl)cc2)c1=O. The second-order valence-corrected chi connectivity index (χ2v) is 7.41. The van der Waals surface area contributed by atoms with Gasteiger partial charge in [0, 0.05) is 22.8 Å². The Balaban J connectivity index is 0.00000176. The molecule has 13 heteroatoms. The molecule has 4 rings (SSSR count). The molecule has 2 aromatic carbocycles. The van der Waals surface area contributed by atoms with Gasteiger partial charge in [-0.1, -0.05) is 37.6 Å². The van der Waals surface area contributed by atoms with Gasteiger partial charge in [-0.25, -0.2) is 18.5 Å². The van der Waals surface area contributed by atoms with Gasteiger partial charge in [-0.3, -0.25) is 9.36 Å². The van der Waals surface area contributed by atoms with Crippen molar-refractivity contribution in [1.29, 1.82) is 0 Å². The van der Waals surface area contributed by atoms with Crippen LogP contribution in [-0.2, 0) is 17.9 Å². The number of rotatable bonds is 8. The summed E-state index contributed by atoms with van der Waals surface area (Å²) in [5.74, 6) is -1.86. The summed E-state index contributed by atoms with van der Waals surface area (Å²) in [6, 6.07) is 11.9. The number of ether oxygens (including phenoxy) is 1. The second-order valence-electron chi connectivity index (χ2n) is 6.98. The largest absolute Gasteiger partial charge is 0.433 e. The lowest BCUT2D eigenvalue weighted by atomic mass is 10.2. The van der Waals surface area contributed by atoms with Crippen LogP contribution in [0.15, 0.2) is 68.9 Å². The first-order valence-corrected chi connectivity index (χ1v) is 11.1. The van der Waals surface area contributed by atoms with Crippen LogP contribution < -0.4 is 27.2 Å². The fraction of sp³-hybridized carbons (Fsp3) is 0.174. The highest BCUT2D eigenvalue weighted by Gasteiger charge is 2.16. The van der Waals surface area contributed by atoms with Crippen molar-refractivity contribution >= 4 is 29.1 Å². The Labute approximate surface area is 208 Å². The molecule has 2 aromatic heterocycles. The predicted octanol–water partition coefficient (Wildman–Crippen LogP) is 3.28. The number of hydrogen-bond acceptors (Lipinski definition) is 8. The first-order valence-electron chi connectivity index (χ1n) is 10.7. The first kappa shape index (κ1) is 26.2. The maximum Gasteiger partial charge on any atom is 0.355 e. The third kappa shape index (κ3) is 6.36. The lowest BCUT2D eigenvalue weighted by Crippen LogP contribution is -2.45. The third-order valence-corrected chi connectivity index (χ3v) is 4.79. The Kier molecular flexibility index (Phi) is 8.57. The van der Waals surface area contributed by atoms with Gasteiger partial charge in [0.1, 0.15) is 12.8 Å². The number of benzene rings is 2. The number of aromatic nitrogens is 4. The molecule has 3 N–H and O–H groups in total. The van der Waals surface area contributed by atoms with Crippen molar-refractivity contribution in [2.24, 2.45) is 5.73 Å². The molecule has 0 bridgehead atoms. The van der Waals surface area contributed by atoms with Gasteiger partial charge < -0.3 is 20.3 Å². The maximum absolute atomic E-state index is 14.6. The number of nitrogens with one attached hydrogen (secondary N) is 1. The van der Waals surface area contributed by atoms with Gasteiger partial charge in [0.2, 0.25) is 11.9 Å². The highest BCUT2D eigenvalue weighted by atomic mass is 35.5. The van der Waals surface area contributed by atoms with Gasteiger partial charge in [0.05, 0.1) is 6.54 Å². The zero-order valence-electron chi connectivity index (χ0n) is 19.3. The summed E-state index contributed by atoms with van der Waals surface area (Å²) in [6.45, 7) is 3.33. The lowest BCUT2D eigenvalue weighted by Gasteiger charge is -2.15. The van der Waals surface area contributed by atoms with Crippen LogP contribution in [0.1, 0.15) is 19.4 Å². The normalized spacial score (nSPS) is 10.3. The van der Waals surface area contributed by atoms with Crippen LogP contribution in [0.25, 0.3) is 0 Å². The Bertz CT molecular complexity index is 1450. The van der Waals surface area contributed by atoms with E-state index in [1.54, 1.807) is 24.3 Å². The molecule has 36 heavy (non-hydrogen) atoms. The second kappa shape index (κ2) is 11.8. The van der Waals surface area contributed by atoms with E-state index in [1.165, 1.54) is 24.5 Å². The quantitative estimate of drug-likeness (QED) is 0.362. The smallest absolute Gasteiger partial charge is 0.355 e. The molecular formula is C23H22ClFN6O5. The summed E-state index contributed by atoms with van der Waals surface area (Å²) >= 11 is 5.92. The summed E-state index contributed by atoms with van der Waals surface area (Å²) in [4.78, 5) is 40.6. The van der Waals surface area contributed by atoms with Gasteiger partial charge in [-0.05, 0) is 35.0 Å². The highest BCUT2D eigenvalue weighted by Crippen LogP contribution is 2.26. The molecule has 0 fully saturated rings. The van der Waals surface area contributed by atoms with E-state index in [2.05, 4.69) is 20.0 Å². The average molecular weight is 517 g/mol. The summed E-state index contributed by atoms with van der Waals surface area (Å²) in [7, 11) is 0. The van der Waals surface area contributed by atoms with Gasteiger partial charge in [0.25, 0.3) is 5.88 Å². The first-order chi connectivity index (χ1) is 17.3. The highest BCUT2D eigenvalue weighted by molar-refractivity contribution is 6.30. The Morgan fingerprint density at radius 3 is 2.47 bits per heavy atom. The lowest BCUT2D eigenvalue weighted by molar-refractivity contribution is -0.118. The van der Waals surface area contributed by atoms with Crippen molar-refractivity contribution in [3.8, 4) is 11.6 Å². The number of amides is 1. The number of anilines is 2. The van der Waals surface area contributed by atoms with E-state index >= 15 is 0 Å². The number of carbonyl (C=O) groups excluding carboxylic acids is 1. The van der Waals surface area contributed by atoms with Gasteiger partial charge >= 0.3 is 11.4 Å². The van der Waals surface area contributed by atoms with Crippen LogP contribution >= 0.6 is 11.6 Å². The molecule has 0 unspecified atom stereocenters. The van der Waals surface area contributed by atoms with E-state index in [1.807, 2.05) is 13.8 Å². The minimum Gasteiger partial charge on any atom is -0.433 e. The monoisotopic (exact) mass is 516 g/mol. The summed E-state index contributed by atoms with van der Waals surface area (Å²) in [5, 5.41) is 6.80. The molecule has 188 valence electrons. The molecule has 0 spiro atoms. The van der Waals surface area contributed by atoms with Crippen LogP contribution in [0.2, 0.25) is 5.02 Å². The molecule has 2 heterocycles. The van der Waals surface area contributed by atoms with Crippen LogP contribution in [0.4, 0.5) is 16.0 Å². The molecule has 0 aliphatic heterocycles. The number of nitrogens with zero attached hydrogens (tertiary/aromatic N) is 4. The minimum absolute atomic E-state index is 0.0276. The Hall–Kier alpha value is -4.45. The van der Waals surface area contributed by atoms with Gasteiger partial charge in [-0.2, -0.15) is 4.98 Å². The fourth-order valence-electron chi connectivity index (χ4n) is 2.99. The average Bonchev–Trinajstić information content (AvgIpc) is 3.36. The third-order valence-electron chi connectivity index (χ3n) is 4.53. The predicted molar refractivity (Wildman–Crippen MR) is 130 cm³/mol. The summed E-state index contributed by atoms with van der Waals surface area (Å²) in [5.41, 5.74) is 4.16. The molecule has 0 saturated heterocycles. The van der Waals surface area contributed by atoms with Crippen molar-refractivity contribution in [1.82, 2.24) is 19.3 Å². The van der Waals surface area contributed by atoms with E-state index in [0.717, 1.165) is 10.6 Å². The maximum atomic E-state index is 14.6. The van der Waals surface area contributed by atoms with Gasteiger partial charge in [-0.15, -0.1) is 0 Å².